The van der Waals surface area contributed by atoms with Crippen molar-refractivity contribution in [1.29, 1.82) is 0 Å². The number of fused-ring (bicyclic) bond motifs is 2. The van der Waals surface area contributed by atoms with Gasteiger partial charge in [0.05, 0.1) is 48.3 Å². The van der Waals surface area contributed by atoms with Gasteiger partial charge in [0.2, 0.25) is 11.6 Å². The van der Waals surface area contributed by atoms with Crippen LogP contribution in [0.1, 0.15) is 73.6 Å². The summed E-state index contributed by atoms with van der Waals surface area (Å²) in [6.07, 6.45) is -1.75. The van der Waals surface area contributed by atoms with E-state index in [9.17, 15) is 24.3 Å². The first kappa shape index (κ1) is 27.7. The van der Waals surface area contributed by atoms with E-state index < -0.39 is 82.4 Å². The van der Waals surface area contributed by atoms with Gasteiger partial charge in [0.15, 0.2) is 0 Å². The van der Waals surface area contributed by atoms with Crippen molar-refractivity contribution in [3.8, 4) is 0 Å². The van der Waals surface area contributed by atoms with Crippen LogP contribution in [0.15, 0.2) is 11.1 Å². The van der Waals surface area contributed by atoms with Crippen molar-refractivity contribution < 1.29 is 48.0 Å². The van der Waals surface area contributed by atoms with Crippen LogP contribution in [0.4, 0.5) is 0 Å². The predicted octanol–water partition coefficient (Wildman–Crippen LogP) is 2.43. The number of Topliss-reactive ketones (excluding diaryl/α,β-unsaturated/α-hetero) is 2. The number of hydrogen-bond acceptors (Lipinski definition) is 10. The van der Waals surface area contributed by atoms with Crippen molar-refractivity contribution in [3.05, 3.63) is 11.1 Å². The molecule has 0 unspecified atom stereocenters. The van der Waals surface area contributed by atoms with Crippen LogP contribution in [-0.4, -0.2) is 76.6 Å². The maximum absolute atomic E-state index is 14.8. The molecule has 0 radical (unpaired) electrons. The molecule has 4 saturated heterocycles. The number of esters is 2. The summed E-state index contributed by atoms with van der Waals surface area (Å²) in [6.45, 7) is 11.3. The first-order valence-electron chi connectivity index (χ1n) is 15.1. The zero-order valence-electron chi connectivity index (χ0n) is 24.6. The van der Waals surface area contributed by atoms with Crippen molar-refractivity contribution in [3.63, 3.8) is 0 Å². The molecule has 7 aliphatic rings. The van der Waals surface area contributed by atoms with E-state index in [0.717, 1.165) is 11.1 Å². The van der Waals surface area contributed by atoms with Gasteiger partial charge in [0.1, 0.15) is 18.0 Å². The lowest BCUT2D eigenvalue weighted by Gasteiger charge is -2.50. The summed E-state index contributed by atoms with van der Waals surface area (Å²) >= 11 is 0. The van der Waals surface area contributed by atoms with Crippen molar-refractivity contribution >= 4 is 23.5 Å². The fourth-order valence-corrected chi connectivity index (χ4v) is 9.93. The molecular weight excluding hydrogens is 532 g/mol. The first-order valence-corrected chi connectivity index (χ1v) is 15.1. The molecule has 5 fully saturated rings. The fourth-order valence-electron chi connectivity index (χ4n) is 9.93. The summed E-state index contributed by atoms with van der Waals surface area (Å²) in [6, 6.07) is 0. The number of rotatable bonds is 3. The highest BCUT2D eigenvalue weighted by Gasteiger charge is 2.81. The van der Waals surface area contributed by atoms with Gasteiger partial charge in [-0.15, -0.1) is 0 Å². The minimum absolute atomic E-state index is 0.0155. The first-order chi connectivity index (χ1) is 19.2. The van der Waals surface area contributed by atoms with Crippen molar-refractivity contribution in [2.75, 3.05) is 6.61 Å². The van der Waals surface area contributed by atoms with Crippen LogP contribution >= 0.6 is 0 Å². The third kappa shape index (κ3) is 3.33. The van der Waals surface area contributed by atoms with Gasteiger partial charge in [0.25, 0.3) is 0 Å². The second-order valence-electron chi connectivity index (χ2n) is 14.2. The van der Waals surface area contributed by atoms with Crippen LogP contribution in [0, 0.1) is 35.0 Å². The van der Waals surface area contributed by atoms with Gasteiger partial charge in [0, 0.05) is 29.6 Å². The molecular formula is C31H40O10. The molecule has 2 aliphatic carbocycles. The fraction of sp³-hybridized carbons (Fsp3) is 0.806. The molecule has 2 bridgehead atoms. The van der Waals surface area contributed by atoms with Crippen molar-refractivity contribution in [2.24, 2.45) is 35.0 Å². The average molecular weight is 573 g/mol. The molecule has 10 nitrogen and oxygen atoms in total. The lowest BCUT2D eigenvalue weighted by atomic mass is 9.61. The molecule has 41 heavy (non-hydrogen) atoms. The summed E-state index contributed by atoms with van der Waals surface area (Å²) in [5.74, 6) is -5.93. The van der Waals surface area contributed by atoms with Crippen LogP contribution in [0.25, 0.3) is 0 Å². The largest absolute Gasteiger partial charge is 0.466 e. The molecule has 0 aromatic carbocycles. The van der Waals surface area contributed by atoms with E-state index in [2.05, 4.69) is 0 Å². The minimum atomic E-state index is -1.78. The number of carbonyl (C=O) groups is 4. The van der Waals surface area contributed by atoms with Gasteiger partial charge in [-0.3, -0.25) is 19.2 Å². The third-order valence-electron chi connectivity index (χ3n) is 11.7. The standard InChI is InChI=1S/C31H40O10/c1-7-37-19(33)11-18-15-12-30-9-8-29(6)24-20(13(2)25(29)34)23-22(14(3)27(36)38-23)40-31(24,41-30)26(35)21(30)17(32)10-16(15)28(4,5)39-18/h13-14,17-18,20-24,32H,7-12H2,1-6H3/t13-,14-,17-,18+,20+,21-,22+,23+,24-,29-,30-,31-/m0/s1. The lowest BCUT2D eigenvalue weighted by molar-refractivity contribution is -0.328. The Bertz CT molecular complexity index is 1290. The average Bonchev–Trinajstić information content (AvgIpc) is 3.39. The summed E-state index contributed by atoms with van der Waals surface area (Å²) < 4.78 is 31.1. The Hall–Kier alpha value is -2.14. The number of carbonyl (C=O) groups excluding carboxylic acids is 4. The molecule has 5 aliphatic heterocycles. The highest BCUT2D eigenvalue weighted by molar-refractivity contribution is 5.97. The number of hydrogen-bond donors (Lipinski definition) is 1. The molecule has 224 valence electrons. The van der Waals surface area contributed by atoms with E-state index in [1.807, 2.05) is 27.7 Å². The van der Waals surface area contributed by atoms with Gasteiger partial charge in [-0.1, -0.05) is 13.8 Å². The van der Waals surface area contributed by atoms with Gasteiger partial charge in [-0.25, -0.2) is 0 Å². The number of aliphatic hydroxyl groups excluding tert-OH is 1. The molecule has 0 aromatic rings. The van der Waals surface area contributed by atoms with Crippen molar-refractivity contribution in [2.45, 2.75) is 115 Å². The molecule has 5 heterocycles. The van der Waals surface area contributed by atoms with E-state index >= 15 is 0 Å². The highest BCUT2D eigenvalue weighted by atomic mass is 16.7. The van der Waals surface area contributed by atoms with Crippen LogP contribution in [0.5, 0.6) is 0 Å². The summed E-state index contributed by atoms with van der Waals surface area (Å²) in [5, 5.41) is 11.8. The monoisotopic (exact) mass is 572 g/mol. The van der Waals surface area contributed by atoms with E-state index in [0.29, 0.717) is 12.8 Å². The van der Waals surface area contributed by atoms with E-state index in [1.54, 1.807) is 13.8 Å². The van der Waals surface area contributed by atoms with Crippen LogP contribution in [-0.2, 0) is 42.9 Å². The lowest BCUT2D eigenvalue weighted by Crippen LogP contribution is -2.63. The van der Waals surface area contributed by atoms with E-state index in [-0.39, 0.29) is 43.4 Å². The molecule has 10 heteroatoms. The summed E-state index contributed by atoms with van der Waals surface area (Å²) in [7, 11) is 0. The summed E-state index contributed by atoms with van der Waals surface area (Å²) in [4.78, 5) is 54.1. The predicted molar refractivity (Wildman–Crippen MR) is 140 cm³/mol. The number of aliphatic hydroxyl groups is 1. The Kier molecular flexibility index (Phi) is 5.73. The third-order valence-corrected chi connectivity index (χ3v) is 11.7. The molecule has 12 atom stereocenters. The molecule has 2 spiro atoms. The summed E-state index contributed by atoms with van der Waals surface area (Å²) in [5.41, 5.74) is -1.12. The quantitative estimate of drug-likeness (QED) is 0.397. The highest BCUT2D eigenvalue weighted by Crippen LogP contribution is 2.69. The Morgan fingerprint density at radius 2 is 1.76 bits per heavy atom. The molecule has 1 N–H and O–H groups in total. The molecule has 1 saturated carbocycles. The van der Waals surface area contributed by atoms with Crippen LogP contribution in [0.2, 0.25) is 0 Å². The molecule has 7 rings (SSSR count). The number of ketones is 2. The van der Waals surface area contributed by atoms with Gasteiger partial charge >= 0.3 is 11.9 Å². The normalized spacial score (nSPS) is 50.9. The second kappa shape index (κ2) is 8.49. The van der Waals surface area contributed by atoms with Gasteiger partial charge in [-0.05, 0) is 58.1 Å². The smallest absolute Gasteiger partial charge is 0.311 e. The van der Waals surface area contributed by atoms with Crippen molar-refractivity contribution in [1.82, 2.24) is 0 Å². The molecule has 0 amide bonds. The van der Waals surface area contributed by atoms with E-state index in [1.165, 1.54) is 0 Å². The van der Waals surface area contributed by atoms with Crippen LogP contribution in [0.3, 0.4) is 0 Å². The number of ether oxygens (including phenoxy) is 5. The topological polar surface area (TPSA) is 135 Å². The van der Waals surface area contributed by atoms with Gasteiger partial charge in [-0.2, -0.15) is 0 Å². The SMILES string of the molecule is CCOC(=O)C[C@H]1OC(C)(C)C2=C1C[C@]13CC[C@]4(C)C(=O)[C@@H](C)[C@@H]5[C@H]6OC(=O)[C@@H](C)[C@H]6O[C@@](O1)(C(=O)[C@@H]3[C@@H](O)C2)[C@@H]54. The Morgan fingerprint density at radius 1 is 1.02 bits per heavy atom. The zero-order valence-corrected chi connectivity index (χ0v) is 24.6. The zero-order chi connectivity index (χ0) is 29.4. The Morgan fingerprint density at radius 3 is 2.46 bits per heavy atom. The molecule has 0 aromatic heterocycles. The maximum atomic E-state index is 14.8. The van der Waals surface area contributed by atoms with Crippen LogP contribution < -0.4 is 0 Å². The Balaban J connectivity index is 1.36. The minimum Gasteiger partial charge on any atom is -0.466 e. The Labute approximate surface area is 239 Å². The van der Waals surface area contributed by atoms with E-state index in [4.69, 9.17) is 23.7 Å². The second-order valence-corrected chi connectivity index (χ2v) is 14.2. The van der Waals surface area contributed by atoms with Gasteiger partial charge < -0.3 is 28.8 Å². The maximum Gasteiger partial charge on any atom is 0.311 e.